The molecule has 1 aromatic rings. The zero-order valence-corrected chi connectivity index (χ0v) is 15.5. The molecule has 0 saturated carbocycles. The number of aliphatic imine (C=N–C) groups is 1. The van der Waals surface area contributed by atoms with Gasteiger partial charge in [-0.25, -0.2) is 0 Å². The van der Waals surface area contributed by atoms with Gasteiger partial charge in [-0.3, -0.25) is 9.79 Å². The van der Waals surface area contributed by atoms with Gasteiger partial charge in [0.25, 0.3) is 0 Å². The van der Waals surface area contributed by atoms with Crippen molar-refractivity contribution in [2.45, 2.75) is 40.2 Å². The number of benzene rings is 1. The molecule has 0 atom stereocenters. The van der Waals surface area contributed by atoms with Crippen molar-refractivity contribution < 1.29 is 4.79 Å². The summed E-state index contributed by atoms with van der Waals surface area (Å²) in [7, 11) is 1.73. The molecular formula is C19H32N4O. The number of nitrogens with zero attached hydrogens (tertiary/aromatic N) is 2. The van der Waals surface area contributed by atoms with E-state index < -0.39 is 0 Å². The fourth-order valence-electron chi connectivity index (χ4n) is 2.39. The molecule has 2 N–H and O–H groups in total. The topological polar surface area (TPSA) is 56.7 Å². The van der Waals surface area contributed by atoms with Crippen LogP contribution in [0.3, 0.4) is 0 Å². The first kappa shape index (κ1) is 20.0. The smallest absolute Gasteiger partial charge is 0.242 e. The third-order valence-corrected chi connectivity index (χ3v) is 3.83. The first-order valence-electron chi connectivity index (χ1n) is 8.83. The molecule has 0 heterocycles. The van der Waals surface area contributed by atoms with E-state index in [0.717, 1.165) is 18.5 Å². The molecule has 5 heteroatoms. The number of carbonyl (C=O) groups is 1. The standard InChI is InChI=1S/C19H32N4O/c1-5-23(15-17-11-7-6-8-12-17)18(24)14-22-19(20-4)21-13-9-10-16(2)3/h6-8,11-12,16H,5,9-10,13-15H2,1-4H3,(H2,20,21,22). The van der Waals surface area contributed by atoms with Crippen LogP contribution < -0.4 is 10.6 Å². The largest absolute Gasteiger partial charge is 0.356 e. The van der Waals surface area contributed by atoms with Crippen LogP contribution >= 0.6 is 0 Å². The molecule has 134 valence electrons. The van der Waals surface area contributed by atoms with E-state index in [9.17, 15) is 4.79 Å². The highest BCUT2D eigenvalue weighted by atomic mass is 16.2. The Morgan fingerprint density at radius 1 is 1.21 bits per heavy atom. The molecular weight excluding hydrogens is 300 g/mol. The molecule has 0 aliphatic rings. The molecule has 5 nitrogen and oxygen atoms in total. The van der Waals surface area contributed by atoms with Gasteiger partial charge in [-0.05, 0) is 31.2 Å². The van der Waals surface area contributed by atoms with Crippen LogP contribution in [-0.4, -0.2) is 43.4 Å². The predicted octanol–water partition coefficient (Wildman–Crippen LogP) is 2.64. The summed E-state index contributed by atoms with van der Waals surface area (Å²) < 4.78 is 0. The van der Waals surface area contributed by atoms with E-state index in [2.05, 4.69) is 29.5 Å². The molecule has 0 aliphatic heterocycles. The fraction of sp³-hybridized carbons (Fsp3) is 0.579. The summed E-state index contributed by atoms with van der Waals surface area (Å²) in [5, 5.41) is 6.36. The van der Waals surface area contributed by atoms with Crippen LogP contribution in [0.4, 0.5) is 0 Å². The van der Waals surface area contributed by atoms with E-state index in [4.69, 9.17) is 0 Å². The van der Waals surface area contributed by atoms with Crippen LogP contribution in [0.1, 0.15) is 39.2 Å². The van der Waals surface area contributed by atoms with Gasteiger partial charge in [0.05, 0.1) is 6.54 Å². The number of carbonyl (C=O) groups excluding carboxylic acids is 1. The van der Waals surface area contributed by atoms with Gasteiger partial charge in [0.1, 0.15) is 0 Å². The number of amides is 1. The van der Waals surface area contributed by atoms with E-state index in [1.54, 1.807) is 7.05 Å². The van der Waals surface area contributed by atoms with Crippen LogP contribution in [0.2, 0.25) is 0 Å². The minimum absolute atomic E-state index is 0.0754. The Kier molecular flexibility index (Phi) is 9.58. The van der Waals surface area contributed by atoms with Crippen molar-refractivity contribution in [1.29, 1.82) is 0 Å². The molecule has 0 aliphatic carbocycles. The summed E-state index contributed by atoms with van der Waals surface area (Å²) in [4.78, 5) is 18.4. The van der Waals surface area contributed by atoms with E-state index in [-0.39, 0.29) is 12.5 Å². The summed E-state index contributed by atoms with van der Waals surface area (Å²) in [5.41, 5.74) is 1.14. The SMILES string of the molecule is CCN(Cc1ccccc1)C(=O)CNC(=NC)NCCCC(C)C. The van der Waals surface area contributed by atoms with Crippen molar-refractivity contribution in [3.63, 3.8) is 0 Å². The van der Waals surface area contributed by atoms with Crippen molar-refractivity contribution in [2.24, 2.45) is 10.9 Å². The second kappa shape index (κ2) is 11.5. The zero-order chi connectivity index (χ0) is 17.8. The summed E-state index contributed by atoms with van der Waals surface area (Å²) in [5.74, 6) is 1.47. The highest BCUT2D eigenvalue weighted by Gasteiger charge is 2.12. The van der Waals surface area contributed by atoms with E-state index in [1.807, 2.05) is 42.2 Å². The van der Waals surface area contributed by atoms with Crippen molar-refractivity contribution in [1.82, 2.24) is 15.5 Å². The molecule has 0 aromatic heterocycles. The second-order valence-corrected chi connectivity index (χ2v) is 6.28. The Morgan fingerprint density at radius 2 is 1.92 bits per heavy atom. The van der Waals surface area contributed by atoms with Crippen LogP contribution in [0.25, 0.3) is 0 Å². The van der Waals surface area contributed by atoms with Gasteiger partial charge >= 0.3 is 0 Å². The highest BCUT2D eigenvalue weighted by Crippen LogP contribution is 2.04. The molecule has 1 aromatic carbocycles. The monoisotopic (exact) mass is 332 g/mol. The summed E-state index contributed by atoms with van der Waals surface area (Å²) in [6.07, 6.45) is 2.28. The van der Waals surface area contributed by atoms with Crippen LogP contribution in [0.5, 0.6) is 0 Å². The van der Waals surface area contributed by atoms with Gasteiger partial charge in [-0.2, -0.15) is 0 Å². The van der Waals surface area contributed by atoms with Crippen LogP contribution in [0, 0.1) is 5.92 Å². The molecule has 0 fully saturated rings. The third-order valence-electron chi connectivity index (χ3n) is 3.83. The van der Waals surface area contributed by atoms with E-state index in [0.29, 0.717) is 25.0 Å². The van der Waals surface area contributed by atoms with Crippen molar-refractivity contribution in [3.05, 3.63) is 35.9 Å². The molecule has 0 spiro atoms. The minimum Gasteiger partial charge on any atom is -0.356 e. The minimum atomic E-state index is 0.0754. The maximum atomic E-state index is 12.4. The molecule has 1 amide bonds. The Hall–Kier alpha value is -2.04. The summed E-state index contributed by atoms with van der Waals surface area (Å²) in [6.45, 7) is 8.89. The second-order valence-electron chi connectivity index (χ2n) is 6.28. The number of rotatable bonds is 9. The number of hydrogen-bond acceptors (Lipinski definition) is 2. The number of nitrogens with one attached hydrogen (secondary N) is 2. The lowest BCUT2D eigenvalue weighted by molar-refractivity contribution is -0.130. The molecule has 0 bridgehead atoms. The number of hydrogen-bond donors (Lipinski definition) is 2. The van der Waals surface area contributed by atoms with Crippen LogP contribution in [0.15, 0.2) is 35.3 Å². The van der Waals surface area contributed by atoms with Crippen molar-refractivity contribution >= 4 is 11.9 Å². The van der Waals surface area contributed by atoms with Crippen LogP contribution in [-0.2, 0) is 11.3 Å². The lowest BCUT2D eigenvalue weighted by atomic mass is 10.1. The summed E-state index contributed by atoms with van der Waals surface area (Å²) >= 11 is 0. The third kappa shape index (κ3) is 7.99. The Labute approximate surface area is 146 Å². The van der Waals surface area contributed by atoms with Gasteiger partial charge in [-0.15, -0.1) is 0 Å². The quantitative estimate of drug-likeness (QED) is 0.415. The van der Waals surface area contributed by atoms with Gasteiger partial charge in [0, 0.05) is 26.7 Å². The van der Waals surface area contributed by atoms with Crippen molar-refractivity contribution in [2.75, 3.05) is 26.7 Å². The summed E-state index contributed by atoms with van der Waals surface area (Å²) in [6, 6.07) is 10.1. The molecule has 0 saturated heterocycles. The van der Waals surface area contributed by atoms with E-state index in [1.165, 1.54) is 6.42 Å². The Bertz CT molecular complexity index is 499. The van der Waals surface area contributed by atoms with Gasteiger partial charge in [0.2, 0.25) is 5.91 Å². The maximum Gasteiger partial charge on any atom is 0.242 e. The first-order valence-corrected chi connectivity index (χ1v) is 8.83. The fourth-order valence-corrected chi connectivity index (χ4v) is 2.39. The molecule has 0 radical (unpaired) electrons. The highest BCUT2D eigenvalue weighted by molar-refractivity contribution is 5.86. The van der Waals surface area contributed by atoms with Crippen molar-refractivity contribution in [3.8, 4) is 0 Å². The molecule has 24 heavy (non-hydrogen) atoms. The normalized spacial score (nSPS) is 11.5. The molecule has 0 unspecified atom stereocenters. The van der Waals surface area contributed by atoms with Gasteiger partial charge in [0.15, 0.2) is 5.96 Å². The number of guanidine groups is 1. The Morgan fingerprint density at radius 3 is 2.50 bits per heavy atom. The Balaban J connectivity index is 2.38. The van der Waals surface area contributed by atoms with Gasteiger partial charge < -0.3 is 15.5 Å². The zero-order valence-electron chi connectivity index (χ0n) is 15.5. The van der Waals surface area contributed by atoms with E-state index >= 15 is 0 Å². The lowest BCUT2D eigenvalue weighted by Crippen LogP contribution is -2.44. The maximum absolute atomic E-state index is 12.4. The predicted molar refractivity (Wildman–Crippen MR) is 101 cm³/mol. The number of likely N-dealkylation sites (N-methyl/N-ethyl adjacent to an activating group) is 1. The lowest BCUT2D eigenvalue weighted by Gasteiger charge is -2.22. The van der Waals surface area contributed by atoms with Gasteiger partial charge in [-0.1, -0.05) is 44.2 Å². The average molecular weight is 332 g/mol. The average Bonchev–Trinajstić information content (AvgIpc) is 2.59. The first-order chi connectivity index (χ1) is 11.6. The molecule has 1 rings (SSSR count).